The van der Waals surface area contributed by atoms with Crippen molar-refractivity contribution in [2.24, 2.45) is 11.8 Å². The summed E-state index contributed by atoms with van der Waals surface area (Å²) in [6, 6.07) is 10.7. The predicted octanol–water partition coefficient (Wildman–Crippen LogP) is 6.73. The third-order valence-corrected chi connectivity index (χ3v) is 4.64. The molecular weight excluding hydrogens is 296 g/mol. The molecule has 0 saturated heterocycles. The van der Waals surface area contributed by atoms with Gasteiger partial charge in [0.15, 0.2) is 0 Å². The Kier molecular flexibility index (Phi) is 14.4. The Balaban J connectivity index is 0.00000123. The van der Waals surface area contributed by atoms with Crippen LogP contribution in [0.1, 0.15) is 84.6 Å². The number of rotatable bonds is 8. The SMILES string of the molecule is CC.CC.O=C(O)C[C@H]1CCCC1CCCCCc1ccccc1. The van der Waals surface area contributed by atoms with Gasteiger partial charge in [0.25, 0.3) is 0 Å². The van der Waals surface area contributed by atoms with Gasteiger partial charge in [0.05, 0.1) is 0 Å². The Bertz CT molecular complexity index is 400. The normalized spacial score (nSPS) is 18.8. The molecule has 1 aliphatic rings. The number of carboxylic acid groups (broad SMARTS) is 1. The largest absolute Gasteiger partial charge is 0.481 e. The van der Waals surface area contributed by atoms with Crippen molar-refractivity contribution in [3.63, 3.8) is 0 Å². The van der Waals surface area contributed by atoms with Crippen LogP contribution in [0.2, 0.25) is 0 Å². The van der Waals surface area contributed by atoms with E-state index in [9.17, 15) is 4.79 Å². The molecule has 2 atom stereocenters. The molecule has 0 spiro atoms. The third-order valence-electron chi connectivity index (χ3n) is 4.64. The van der Waals surface area contributed by atoms with Gasteiger partial charge in [-0.2, -0.15) is 0 Å². The van der Waals surface area contributed by atoms with E-state index in [1.54, 1.807) is 0 Å². The summed E-state index contributed by atoms with van der Waals surface area (Å²) >= 11 is 0. The van der Waals surface area contributed by atoms with Gasteiger partial charge in [-0.1, -0.05) is 90.1 Å². The van der Waals surface area contributed by atoms with Crippen LogP contribution in [-0.2, 0) is 11.2 Å². The second-order valence-corrected chi connectivity index (χ2v) is 6.13. The van der Waals surface area contributed by atoms with Gasteiger partial charge < -0.3 is 5.11 Å². The molecule has 24 heavy (non-hydrogen) atoms. The number of hydrogen-bond acceptors (Lipinski definition) is 1. The lowest BCUT2D eigenvalue weighted by Gasteiger charge is -2.17. The molecule has 1 N–H and O–H groups in total. The van der Waals surface area contributed by atoms with Crippen LogP contribution in [0, 0.1) is 11.8 Å². The van der Waals surface area contributed by atoms with Crippen LogP contribution in [0.3, 0.4) is 0 Å². The Labute approximate surface area is 149 Å². The highest BCUT2D eigenvalue weighted by Gasteiger charge is 2.28. The number of benzene rings is 1. The maximum atomic E-state index is 10.8. The number of aryl methyl sites for hydroxylation is 1. The molecule has 2 heteroatoms. The lowest BCUT2D eigenvalue weighted by atomic mass is 9.88. The van der Waals surface area contributed by atoms with Crippen molar-refractivity contribution in [2.75, 3.05) is 0 Å². The summed E-state index contributed by atoms with van der Waals surface area (Å²) in [7, 11) is 0. The van der Waals surface area contributed by atoms with Crippen LogP contribution < -0.4 is 0 Å². The van der Waals surface area contributed by atoms with Crippen molar-refractivity contribution in [2.45, 2.75) is 85.5 Å². The van der Waals surface area contributed by atoms with E-state index in [1.807, 2.05) is 27.7 Å². The zero-order valence-electron chi connectivity index (χ0n) is 16.3. The Morgan fingerprint density at radius 1 is 0.958 bits per heavy atom. The molecule has 0 aliphatic heterocycles. The summed E-state index contributed by atoms with van der Waals surface area (Å²) in [6.45, 7) is 8.00. The fraction of sp³-hybridized carbons (Fsp3) is 0.682. The van der Waals surface area contributed by atoms with Crippen LogP contribution >= 0.6 is 0 Å². The van der Waals surface area contributed by atoms with Crippen LogP contribution in [0.15, 0.2) is 30.3 Å². The van der Waals surface area contributed by atoms with E-state index in [2.05, 4.69) is 30.3 Å². The standard InChI is InChI=1S/C18H26O2.2C2H6/c19-18(20)14-17-13-7-12-16(17)11-6-2-5-10-15-8-3-1-4-9-15;2*1-2/h1,3-4,8-9,16-17H,2,5-7,10-14H2,(H,19,20);2*1-2H3/t16?,17-;;/m1../s1. The average Bonchev–Trinajstić information content (AvgIpc) is 3.05. The van der Waals surface area contributed by atoms with Crippen molar-refractivity contribution in [1.29, 1.82) is 0 Å². The molecule has 2 rings (SSSR count). The average molecular weight is 335 g/mol. The number of carboxylic acids is 1. The summed E-state index contributed by atoms with van der Waals surface area (Å²) in [4.78, 5) is 10.8. The van der Waals surface area contributed by atoms with Crippen molar-refractivity contribution in [1.82, 2.24) is 0 Å². The van der Waals surface area contributed by atoms with Gasteiger partial charge in [-0.25, -0.2) is 0 Å². The van der Waals surface area contributed by atoms with Gasteiger partial charge in [0.1, 0.15) is 0 Å². The quantitative estimate of drug-likeness (QED) is 0.535. The van der Waals surface area contributed by atoms with E-state index in [-0.39, 0.29) is 0 Å². The van der Waals surface area contributed by atoms with Crippen molar-refractivity contribution >= 4 is 5.97 Å². The molecule has 1 aliphatic carbocycles. The zero-order chi connectivity index (χ0) is 18.2. The van der Waals surface area contributed by atoms with E-state index in [0.717, 1.165) is 6.42 Å². The van der Waals surface area contributed by atoms with E-state index in [0.29, 0.717) is 18.3 Å². The fourth-order valence-corrected chi connectivity index (χ4v) is 3.54. The molecule has 2 nitrogen and oxygen atoms in total. The molecular formula is C22H38O2. The first-order valence-electron chi connectivity index (χ1n) is 10.0. The van der Waals surface area contributed by atoms with Crippen LogP contribution in [0.4, 0.5) is 0 Å². The second-order valence-electron chi connectivity index (χ2n) is 6.13. The lowest BCUT2D eigenvalue weighted by Crippen LogP contribution is -2.12. The molecule has 1 aromatic carbocycles. The Morgan fingerprint density at radius 3 is 2.21 bits per heavy atom. The minimum absolute atomic E-state index is 0.384. The molecule has 1 aromatic rings. The lowest BCUT2D eigenvalue weighted by molar-refractivity contribution is -0.138. The molecule has 1 fully saturated rings. The highest BCUT2D eigenvalue weighted by molar-refractivity contribution is 5.67. The van der Waals surface area contributed by atoms with Gasteiger partial charge >= 0.3 is 5.97 Å². The topological polar surface area (TPSA) is 37.3 Å². The first-order chi connectivity index (χ1) is 11.8. The highest BCUT2D eigenvalue weighted by atomic mass is 16.4. The molecule has 1 unspecified atom stereocenters. The van der Waals surface area contributed by atoms with Gasteiger partial charge in [-0.3, -0.25) is 4.79 Å². The minimum Gasteiger partial charge on any atom is -0.481 e. The summed E-state index contributed by atoms with van der Waals surface area (Å²) in [5, 5.41) is 8.93. The summed E-state index contributed by atoms with van der Waals surface area (Å²) in [6.07, 6.45) is 10.2. The Hall–Kier alpha value is -1.31. The number of hydrogen-bond donors (Lipinski definition) is 1. The zero-order valence-corrected chi connectivity index (χ0v) is 16.3. The molecule has 0 heterocycles. The summed E-state index contributed by atoms with van der Waals surface area (Å²) < 4.78 is 0. The summed E-state index contributed by atoms with van der Waals surface area (Å²) in [5.74, 6) is 0.496. The molecule has 0 aromatic heterocycles. The van der Waals surface area contributed by atoms with Gasteiger partial charge in [0.2, 0.25) is 0 Å². The van der Waals surface area contributed by atoms with E-state index in [1.165, 1.54) is 50.5 Å². The van der Waals surface area contributed by atoms with Gasteiger partial charge in [-0.05, 0) is 36.7 Å². The predicted molar refractivity (Wildman–Crippen MR) is 104 cm³/mol. The highest BCUT2D eigenvalue weighted by Crippen LogP contribution is 2.37. The Morgan fingerprint density at radius 2 is 1.58 bits per heavy atom. The van der Waals surface area contributed by atoms with Gasteiger partial charge in [-0.15, -0.1) is 0 Å². The second kappa shape index (κ2) is 15.2. The van der Waals surface area contributed by atoms with Crippen molar-refractivity contribution < 1.29 is 9.90 Å². The molecule has 1 saturated carbocycles. The summed E-state index contributed by atoms with van der Waals surface area (Å²) in [5.41, 5.74) is 1.43. The molecule has 0 amide bonds. The minimum atomic E-state index is -0.619. The van der Waals surface area contributed by atoms with Crippen LogP contribution in [0.5, 0.6) is 0 Å². The van der Waals surface area contributed by atoms with E-state index < -0.39 is 5.97 Å². The molecule has 0 radical (unpaired) electrons. The number of carbonyl (C=O) groups is 1. The molecule has 0 bridgehead atoms. The van der Waals surface area contributed by atoms with E-state index in [4.69, 9.17) is 5.11 Å². The maximum absolute atomic E-state index is 10.8. The van der Waals surface area contributed by atoms with Crippen LogP contribution in [-0.4, -0.2) is 11.1 Å². The maximum Gasteiger partial charge on any atom is 0.303 e. The van der Waals surface area contributed by atoms with Crippen LogP contribution in [0.25, 0.3) is 0 Å². The molecule has 138 valence electrons. The fourth-order valence-electron chi connectivity index (χ4n) is 3.54. The van der Waals surface area contributed by atoms with Crippen molar-refractivity contribution in [3.05, 3.63) is 35.9 Å². The smallest absolute Gasteiger partial charge is 0.303 e. The van der Waals surface area contributed by atoms with Crippen molar-refractivity contribution in [3.8, 4) is 0 Å². The first-order valence-corrected chi connectivity index (χ1v) is 10.0. The third kappa shape index (κ3) is 9.75. The van der Waals surface area contributed by atoms with Gasteiger partial charge in [0, 0.05) is 6.42 Å². The monoisotopic (exact) mass is 334 g/mol. The van der Waals surface area contributed by atoms with E-state index >= 15 is 0 Å². The number of unbranched alkanes of at least 4 members (excludes halogenated alkanes) is 2. The number of aliphatic carboxylic acids is 1. The first kappa shape index (κ1) is 22.7.